The van der Waals surface area contributed by atoms with Gasteiger partial charge in [0.15, 0.2) is 0 Å². The zero-order valence-corrected chi connectivity index (χ0v) is 18.2. The van der Waals surface area contributed by atoms with Crippen LogP contribution >= 0.6 is 0 Å². The number of hydrogen-bond donors (Lipinski definition) is 0. The lowest BCUT2D eigenvalue weighted by Gasteiger charge is -2.01. The fourth-order valence-electron chi connectivity index (χ4n) is 5.07. The van der Waals surface area contributed by atoms with Gasteiger partial charge in [0.25, 0.3) is 0 Å². The topological polar surface area (TPSA) is 26.3 Å². The zero-order chi connectivity index (χ0) is 21.4. The lowest BCUT2D eigenvalue weighted by molar-refractivity contribution is 0.664. The Balaban J connectivity index is 1.53. The second-order valence-corrected chi connectivity index (χ2v) is 8.82. The Morgan fingerprint density at radius 1 is 0.438 bits per heavy atom. The van der Waals surface area contributed by atoms with Crippen LogP contribution in [-0.4, -0.2) is 0 Å². The van der Waals surface area contributed by atoms with E-state index in [-0.39, 0.29) is 0 Å². The molecule has 0 amide bonds. The molecule has 2 nitrogen and oxygen atoms in total. The quantitative estimate of drug-likeness (QED) is 0.282. The highest BCUT2D eigenvalue weighted by Crippen LogP contribution is 2.39. The van der Waals surface area contributed by atoms with Gasteiger partial charge in [0, 0.05) is 21.5 Å². The summed E-state index contributed by atoms with van der Waals surface area (Å²) < 4.78 is 12.7. The van der Waals surface area contributed by atoms with Crippen molar-refractivity contribution >= 4 is 65.4 Å². The van der Waals surface area contributed by atoms with Crippen molar-refractivity contribution in [1.29, 1.82) is 0 Å². The lowest BCUT2D eigenvalue weighted by Crippen LogP contribution is -1.80. The summed E-state index contributed by atoms with van der Waals surface area (Å²) >= 11 is 0. The molecular formula is C30H22O2. The van der Waals surface area contributed by atoms with E-state index in [1.807, 2.05) is 0 Å². The van der Waals surface area contributed by atoms with Gasteiger partial charge in [-0.25, -0.2) is 0 Å². The first kappa shape index (κ1) is 17.9. The van der Waals surface area contributed by atoms with E-state index < -0.39 is 0 Å². The third-order valence-electron chi connectivity index (χ3n) is 6.92. The molecule has 0 unspecified atom stereocenters. The average molecular weight is 415 g/mol. The van der Waals surface area contributed by atoms with Crippen molar-refractivity contribution in [2.75, 3.05) is 0 Å². The van der Waals surface area contributed by atoms with E-state index in [1.165, 1.54) is 32.7 Å². The zero-order valence-electron chi connectivity index (χ0n) is 18.2. The maximum atomic E-state index is 6.33. The smallest absolute Gasteiger partial charge is 0.136 e. The standard InChI is InChI=1S/C30H22O2/c1-3-17-5-7-19-13-27-23(11-21(19)9-17)25-15-30-26(16-29(25)31-27)24-12-22-10-18(4-2)6-8-20(22)14-28(24)32-30/h5-16H,3-4H2,1-2H3. The van der Waals surface area contributed by atoms with E-state index >= 15 is 0 Å². The maximum absolute atomic E-state index is 6.33. The molecule has 0 spiro atoms. The second-order valence-electron chi connectivity index (χ2n) is 8.82. The van der Waals surface area contributed by atoms with Gasteiger partial charge in [0.05, 0.1) is 0 Å². The first-order valence-corrected chi connectivity index (χ1v) is 11.4. The molecule has 0 radical (unpaired) electrons. The predicted molar refractivity (Wildman–Crippen MR) is 135 cm³/mol. The van der Waals surface area contributed by atoms with Crippen LogP contribution in [-0.2, 0) is 12.8 Å². The third-order valence-corrected chi connectivity index (χ3v) is 6.92. The molecule has 0 atom stereocenters. The van der Waals surface area contributed by atoms with Gasteiger partial charge < -0.3 is 8.83 Å². The van der Waals surface area contributed by atoms with Crippen molar-refractivity contribution in [2.45, 2.75) is 26.7 Å². The largest absolute Gasteiger partial charge is 0.456 e. The third kappa shape index (κ3) is 2.47. The van der Waals surface area contributed by atoms with E-state index in [0.717, 1.165) is 56.7 Å². The second kappa shape index (κ2) is 6.37. The Morgan fingerprint density at radius 3 is 1.28 bits per heavy atom. The lowest BCUT2D eigenvalue weighted by atomic mass is 10.0. The molecule has 0 aliphatic carbocycles. The van der Waals surface area contributed by atoms with Crippen LogP contribution in [0.2, 0.25) is 0 Å². The predicted octanol–water partition coefficient (Wildman–Crippen LogP) is 8.92. The number of benzene rings is 5. The minimum Gasteiger partial charge on any atom is -0.456 e. The highest BCUT2D eigenvalue weighted by atomic mass is 16.3. The summed E-state index contributed by atoms with van der Waals surface area (Å²) in [7, 11) is 0. The molecule has 0 bridgehead atoms. The summed E-state index contributed by atoms with van der Waals surface area (Å²) in [6, 6.07) is 26.5. The maximum Gasteiger partial charge on any atom is 0.136 e. The van der Waals surface area contributed by atoms with E-state index in [0.29, 0.717) is 0 Å². The molecule has 0 saturated heterocycles. The molecule has 0 N–H and O–H groups in total. The van der Waals surface area contributed by atoms with Crippen LogP contribution in [0.4, 0.5) is 0 Å². The molecule has 0 fully saturated rings. The van der Waals surface area contributed by atoms with Crippen LogP contribution in [0.15, 0.2) is 81.6 Å². The first-order valence-electron chi connectivity index (χ1n) is 11.4. The monoisotopic (exact) mass is 414 g/mol. The fourth-order valence-corrected chi connectivity index (χ4v) is 5.07. The molecule has 7 rings (SSSR count). The van der Waals surface area contributed by atoms with E-state index in [4.69, 9.17) is 8.83 Å². The molecule has 0 aliphatic heterocycles. The van der Waals surface area contributed by atoms with Crippen molar-refractivity contribution in [3.05, 3.63) is 83.9 Å². The number of hydrogen-bond acceptors (Lipinski definition) is 2. The molecule has 2 aromatic heterocycles. The molecule has 154 valence electrons. The van der Waals surface area contributed by atoms with E-state index in [1.54, 1.807) is 0 Å². The number of furan rings is 2. The van der Waals surface area contributed by atoms with Crippen LogP contribution in [0, 0.1) is 0 Å². The fraction of sp³-hybridized carbons (Fsp3) is 0.133. The Hall–Kier alpha value is -3.78. The average Bonchev–Trinajstić information content (AvgIpc) is 3.35. The van der Waals surface area contributed by atoms with E-state index in [2.05, 4.69) is 86.6 Å². The molecule has 0 saturated carbocycles. The number of aryl methyl sites for hydroxylation is 2. The van der Waals surface area contributed by atoms with Gasteiger partial charge in [-0.2, -0.15) is 0 Å². The Morgan fingerprint density at radius 2 is 0.844 bits per heavy atom. The van der Waals surface area contributed by atoms with Crippen LogP contribution in [0.5, 0.6) is 0 Å². The van der Waals surface area contributed by atoms with Crippen molar-refractivity contribution in [3.63, 3.8) is 0 Å². The van der Waals surface area contributed by atoms with Crippen LogP contribution in [0.3, 0.4) is 0 Å². The minimum absolute atomic E-state index is 0.906. The Kier molecular flexibility index (Phi) is 3.55. The van der Waals surface area contributed by atoms with Gasteiger partial charge >= 0.3 is 0 Å². The van der Waals surface area contributed by atoms with Crippen LogP contribution in [0.1, 0.15) is 25.0 Å². The van der Waals surface area contributed by atoms with E-state index in [9.17, 15) is 0 Å². The summed E-state index contributed by atoms with van der Waals surface area (Å²) in [4.78, 5) is 0. The molecule has 2 heterocycles. The van der Waals surface area contributed by atoms with Crippen molar-refractivity contribution in [1.82, 2.24) is 0 Å². The van der Waals surface area contributed by atoms with Gasteiger partial charge in [-0.15, -0.1) is 0 Å². The summed E-state index contributed by atoms with van der Waals surface area (Å²) in [5, 5.41) is 9.41. The SMILES string of the molecule is CCc1ccc2cc3oc4cc5c(cc4c3cc2c1)oc1cc2ccc(CC)cc2cc15. The molecular weight excluding hydrogens is 392 g/mol. The highest BCUT2D eigenvalue weighted by molar-refractivity contribution is 6.18. The van der Waals surface area contributed by atoms with Crippen LogP contribution in [0.25, 0.3) is 65.4 Å². The number of fused-ring (bicyclic) bond motifs is 8. The molecule has 2 heteroatoms. The Labute approximate surface area is 185 Å². The molecule has 5 aromatic carbocycles. The van der Waals surface area contributed by atoms with Gasteiger partial charge in [0.1, 0.15) is 22.3 Å². The summed E-state index contributed by atoms with van der Waals surface area (Å²) in [5.74, 6) is 0. The van der Waals surface area contributed by atoms with Crippen molar-refractivity contribution < 1.29 is 8.83 Å². The van der Waals surface area contributed by atoms with Gasteiger partial charge in [-0.1, -0.05) is 50.2 Å². The highest BCUT2D eigenvalue weighted by Gasteiger charge is 2.15. The molecule has 32 heavy (non-hydrogen) atoms. The van der Waals surface area contributed by atoms with Crippen LogP contribution < -0.4 is 0 Å². The van der Waals surface area contributed by atoms with Crippen molar-refractivity contribution in [2.24, 2.45) is 0 Å². The van der Waals surface area contributed by atoms with Gasteiger partial charge in [-0.05, 0) is 81.9 Å². The normalized spacial score (nSPS) is 12.3. The summed E-state index contributed by atoms with van der Waals surface area (Å²) in [6.45, 7) is 4.38. The first-order chi connectivity index (χ1) is 15.7. The summed E-state index contributed by atoms with van der Waals surface area (Å²) in [6.07, 6.45) is 2.07. The minimum atomic E-state index is 0.906. The Bertz CT molecular complexity index is 1710. The summed E-state index contributed by atoms with van der Waals surface area (Å²) in [5.41, 5.74) is 6.36. The number of rotatable bonds is 2. The molecule has 0 aliphatic rings. The van der Waals surface area contributed by atoms with Crippen molar-refractivity contribution in [3.8, 4) is 0 Å². The molecule has 7 aromatic rings. The van der Waals surface area contributed by atoms with Gasteiger partial charge in [-0.3, -0.25) is 0 Å². The van der Waals surface area contributed by atoms with Gasteiger partial charge in [0.2, 0.25) is 0 Å².